The van der Waals surface area contributed by atoms with Crippen LogP contribution in [0.3, 0.4) is 0 Å². The van der Waals surface area contributed by atoms with Crippen LogP contribution < -0.4 is 16.6 Å². The highest BCUT2D eigenvalue weighted by atomic mass is 31.2. The Hall–Kier alpha value is -1.49. The fourth-order valence-electron chi connectivity index (χ4n) is 5.38. The number of H-pyrrole nitrogens is 1. The van der Waals surface area contributed by atoms with Gasteiger partial charge in [-0.05, 0) is 60.9 Å². The van der Waals surface area contributed by atoms with Crippen molar-refractivity contribution >= 4 is 15.7 Å². The van der Waals surface area contributed by atoms with Gasteiger partial charge in [-0.25, -0.2) is 16.0 Å². The van der Waals surface area contributed by atoms with E-state index in [2.05, 4.69) is 19.8 Å². The summed E-state index contributed by atoms with van der Waals surface area (Å²) >= 11 is 0. The highest BCUT2D eigenvalue weighted by molar-refractivity contribution is 7.63. The van der Waals surface area contributed by atoms with Crippen molar-refractivity contribution in [2.24, 2.45) is 5.92 Å². The zero-order valence-corrected chi connectivity index (χ0v) is 31.0. The monoisotopic (exact) mass is 691 g/mol. The summed E-state index contributed by atoms with van der Waals surface area (Å²) < 4.78 is 55.2. The Morgan fingerprint density at radius 3 is 2.30 bits per heavy atom. The average Bonchev–Trinajstić information content (AvgIpc) is 3.29. The molecule has 2 N–H and O–H groups in total. The molecule has 16 heteroatoms. The SMILES string of the molecule is [C-]#[N+]CCOP(O[C@@H]1[C@@H]([C@H](OCC(C)C)[C@H](NC)P(C)(C)=O)O[C@@H](n2cc(C)c(=O)[nH]c2=O)[C@@H]1OCCOC)N(C(C)C)C(C)C. The number of ether oxygens (including phenoxy) is 4. The second-order valence-corrected chi connectivity index (χ2v) is 17.6. The van der Waals surface area contributed by atoms with E-state index in [1.54, 1.807) is 34.4 Å². The van der Waals surface area contributed by atoms with Gasteiger partial charge in [0.05, 0.1) is 19.0 Å². The van der Waals surface area contributed by atoms with Gasteiger partial charge in [0.25, 0.3) is 14.1 Å². The molecule has 1 aliphatic rings. The van der Waals surface area contributed by atoms with Crippen molar-refractivity contribution < 1.29 is 32.6 Å². The molecule has 0 aliphatic carbocycles. The Balaban J connectivity index is 2.84. The third-order valence-corrected chi connectivity index (χ3v) is 11.3. The first kappa shape index (κ1) is 40.7. The number of nitrogens with one attached hydrogen (secondary N) is 2. The largest absolute Gasteiger partial charge is 0.382 e. The molecule has 14 nitrogen and oxygen atoms in total. The first-order valence-electron chi connectivity index (χ1n) is 15.7. The summed E-state index contributed by atoms with van der Waals surface area (Å²) in [4.78, 5) is 31.4. The van der Waals surface area contributed by atoms with E-state index in [1.807, 2.05) is 41.5 Å². The van der Waals surface area contributed by atoms with Gasteiger partial charge in [-0.1, -0.05) is 13.8 Å². The number of aromatic nitrogens is 2. The molecule has 0 saturated carbocycles. The van der Waals surface area contributed by atoms with E-state index in [-0.39, 0.29) is 44.4 Å². The fourth-order valence-corrected chi connectivity index (χ4v) is 8.71. The van der Waals surface area contributed by atoms with Gasteiger partial charge in [0.2, 0.25) is 6.54 Å². The standard InChI is InChI=1S/C30H55N5O9P2/c1-19(2)18-41-25(28(32-9)46(11,12)38)23-24(44-45(42-14-13-31-8)35(20(3)4)21(5)6)26(40-16-15-39-10)29(43-23)34-17-22(7)27(36)33-30(34)37/h17,19-21,23-26,28-29,32H,13-16,18H2,1-7,9-12H3,(H,33,36,37)/t23-,24+,25-,26+,28+,29+,45?/m0/s1. The van der Waals surface area contributed by atoms with Crippen LogP contribution in [0.15, 0.2) is 15.8 Å². The van der Waals surface area contributed by atoms with Gasteiger partial charge in [0.1, 0.15) is 38.2 Å². The minimum absolute atomic E-state index is 0.0116. The van der Waals surface area contributed by atoms with Crippen LogP contribution >= 0.6 is 15.7 Å². The maximum absolute atomic E-state index is 13.7. The molecule has 2 heterocycles. The summed E-state index contributed by atoms with van der Waals surface area (Å²) in [6, 6.07) is 0.0231. The van der Waals surface area contributed by atoms with Gasteiger partial charge in [0.15, 0.2) is 6.23 Å². The van der Waals surface area contributed by atoms with Crippen molar-refractivity contribution in [2.75, 3.05) is 60.5 Å². The Labute approximate surface area is 274 Å². The average molecular weight is 692 g/mol. The van der Waals surface area contributed by atoms with Crippen LogP contribution in [0.5, 0.6) is 0 Å². The molecule has 264 valence electrons. The van der Waals surface area contributed by atoms with Crippen molar-refractivity contribution in [3.8, 4) is 0 Å². The molecule has 1 aromatic heterocycles. The smallest absolute Gasteiger partial charge is 0.330 e. The van der Waals surface area contributed by atoms with Gasteiger partial charge in [-0.3, -0.25) is 14.3 Å². The van der Waals surface area contributed by atoms with Crippen molar-refractivity contribution in [2.45, 2.75) is 97.0 Å². The maximum Gasteiger partial charge on any atom is 0.330 e. The van der Waals surface area contributed by atoms with E-state index in [1.165, 1.54) is 10.8 Å². The molecule has 1 saturated heterocycles. The number of nitrogens with zero attached hydrogens (tertiary/aromatic N) is 3. The molecular weight excluding hydrogens is 636 g/mol. The molecule has 1 unspecified atom stereocenters. The molecule has 1 fully saturated rings. The minimum Gasteiger partial charge on any atom is -0.382 e. The van der Waals surface area contributed by atoms with E-state index in [4.69, 9.17) is 34.6 Å². The second-order valence-electron chi connectivity index (χ2n) is 12.7. The highest BCUT2D eigenvalue weighted by Crippen LogP contribution is 2.52. The number of aryl methyl sites for hydroxylation is 1. The number of likely N-dealkylation sites (N-methyl/N-ethyl adjacent to an activating group) is 1. The van der Waals surface area contributed by atoms with Crippen LogP contribution in [0.2, 0.25) is 0 Å². The molecule has 1 aromatic rings. The van der Waals surface area contributed by atoms with Crippen LogP contribution in [-0.4, -0.2) is 117 Å². The van der Waals surface area contributed by atoms with Crippen LogP contribution in [0.25, 0.3) is 4.85 Å². The van der Waals surface area contributed by atoms with Crippen LogP contribution in [0.4, 0.5) is 0 Å². The summed E-state index contributed by atoms with van der Waals surface area (Å²) in [5.41, 5.74) is -0.876. The molecule has 0 amide bonds. The maximum atomic E-state index is 13.7. The lowest BCUT2D eigenvalue weighted by molar-refractivity contribution is -0.115. The number of hydrogen-bond acceptors (Lipinski definition) is 11. The molecule has 7 atom stereocenters. The molecule has 46 heavy (non-hydrogen) atoms. The molecule has 2 rings (SSSR count). The summed E-state index contributed by atoms with van der Waals surface area (Å²) in [5, 5.41) is 3.20. The second kappa shape index (κ2) is 18.9. The first-order valence-corrected chi connectivity index (χ1v) is 19.5. The van der Waals surface area contributed by atoms with E-state index in [0.717, 1.165) is 0 Å². The third kappa shape index (κ3) is 11.0. The van der Waals surface area contributed by atoms with Gasteiger partial charge >= 0.3 is 5.69 Å². The number of hydrogen-bond donors (Lipinski definition) is 2. The van der Waals surface area contributed by atoms with E-state index >= 15 is 0 Å². The molecule has 1 aliphatic heterocycles. The van der Waals surface area contributed by atoms with Gasteiger partial charge in [-0.2, -0.15) is 0 Å². The Morgan fingerprint density at radius 2 is 1.78 bits per heavy atom. The fraction of sp³-hybridized carbons (Fsp3) is 0.833. The summed E-state index contributed by atoms with van der Waals surface area (Å²) in [5.74, 6) is -0.496. The lowest BCUT2D eigenvalue weighted by Crippen LogP contribution is -2.52. The van der Waals surface area contributed by atoms with Crippen molar-refractivity contribution in [3.63, 3.8) is 0 Å². The quantitative estimate of drug-likeness (QED) is 0.117. The zero-order chi connectivity index (χ0) is 34.8. The molecular formula is C30H55N5O9P2. The van der Waals surface area contributed by atoms with Gasteiger partial charge in [0, 0.05) is 37.6 Å². The molecule has 0 bridgehead atoms. The zero-order valence-electron chi connectivity index (χ0n) is 29.2. The van der Waals surface area contributed by atoms with E-state index < -0.39 is 63.3 Å². The number of aromatic amines is 1. The Bertz CT molecular complexity index is 1270. The van der Waals surface area contributed by atoms with Crippen molar-refractivity contribution in [3.05, 3.63) is 44.0 Å². The van der Waals surface area contributed by atoms with Crippen LogP contribution in [0.1, 0.15) is 53.3 Å². The summed E-state index contributed by atoms with van der Waals surface area (Å²) in [6.45, 7) is 25.5. The predicted molar refractivity (Wildman–Crippen MR) is 180 cm³/mol. The number of methoxy groups -OCH3 is 1. The van der Waals surface area contributed by atoms with Crippen LogP contribution in [0, 0.1) is 19.4 Å². The lowest BCUT2D eigenvalue weighted by Gasteiger charge is -2.40. The Morgan fingerprint density at radius 1 is 1.13 bits per heavy atom. The lowest BCUT2D eigenvalue weighted by atomic mass is 10.0. The predicted octanol–water partition coefficient (Wildman–Crippen LogP) is 3.65. The topological polar surface area (TPSA) is 147 Å². The van der Waals surface area contributed by atoms with Crippen molar-refractivity contribution in [1.29, 1.82) is 0 Å². The summed E-state index contributed by atoms with van der Waals surface area (Å²) in [6.07, 6.45) is -3.14. The molecule has 0 aromatic carbocycles. The Kier molecular flexibility index (Phi) is 16.7. The van der Waals surface area contributed by atoms with E-state index in [9.17, 15) is 14.2 Å². The summed E-state index contributed by atoms with van der Waals surface area (Å²) in [7, 11) is -1.37. The number of rotatable bonds is 20. The normalized spacial score (nSPS) is 22.6. The van der Waals surface area contributed by atoms with E-state index in [0.29, 0.717) is 12.2 Å². The molecule has 0 spiro atoms. The highest BCUT2D eigenvalue weighted by Gasteiger charge is 2.55. The van der Waals surface area contributed by atoms with Gasteiger partial charge < -0.3 is 42.7 Å². The first-order chi connectivity index (χ1) is 21.6. The van der Waals surface area contributed by atoms with Crippen LogP contribution in [-0.2, 0) is 32.6 Å². The molecule has 0 radical (unpaired) electrons. The van der Waals surface area contributed by atoms with Gasteiger partial charge in [-0.15, -0.1) is 0 Å². The van der Waals surface area contributed by atoms with Crippen molar-refractivity contribution in [1.82, 2.24) is 19.5 Å². The third-order valence-electron chi connectivity index (χ3n) is 7.33. The minimum atomic E-state index is -2.86.